The first-order valence-corrected chi connectivity index (χ1v) is 11.4. The molecule has 5 aromatic rings. The zero-order chi connectivity index (χ0) is 24.4. The van der Waals surface area contributed by atoms with E-state index in [1.165, 1.54) is 0 Å². The third-order valence-corrected chi connectivity index (χ3v) is 5.88. The van der Waals surface area contributed by atoms with E-state index in [0.29, 0.717) is 17.8 Å². The minimum absolute atomic E-state index is 0.216. The monoisotopic (exact) mass is 466 g/mol. The number of pyridine rings is 1. The van der Waals surface area contributed by atoms with Gasteiger partial charge < -0.3 is 10.1 Å². The molecule has 1 amide bonds. The van der Waals surface area contributed by atoms with Crippen LogP contribution in [-0.2, 0) is 13.1 Å². The number of carbonyl (C=O) groups excluding carboxylic acids is 1. The van der Waals surface area contributed by atoms with Gasteiger partial charge in [0.15, 0.2) is 0 Å². The van der Waals surface area contributed by atoms with Crippen LogP contribution in [0, 0.1) is 6.92 Å². The number of fused-ring (bicyclic) bond motifs is 1. The van der Waals surface area contributed by atoms with Gasteiger partial charge in [0.05, 0.1) is 48.0 Å². The van der Waals surface area contributed by atoms with Crippen molar-refractivity contribution in [3.63, 3.8) is 0 Å². The lowest BCUT2D eigenvalue weighted by atomic mass is 10.0. The van der Waals surface area contributed by atoms with Crippen molar-refractivity contribution in [3.05, 3.63) is 90.0 Å². The predicted molar refractivity (Wildman–Crippen MR) is 136 cm³/mol. The van der Waals surface area contributed by atoms with E-state index in [9.17, 15) is 4.79 Å². The number of methoxy groups -OCH3 is 1. The second-order valence-corrected chi connectivity index (χ2v) is 8.29. The van der Waals surface area contributed by atoms with Crippen molar-refractivity contribution in [1.29, 1.82) is 0 Å². The van der Waals surface area contributed by atoms with Crippen LogP contribution in [0.1, 0.15) is 28.5 Å². The van der Waals surface area contributed by atoms with E-state index >= 15 is 0 Å². The highest BCUT2D eigenvalue weighted by Crippen LogP contribution is 2.27. The van der Waals surface area contributed by atoms with Crippen LogP contribution >= 0.6 is 0 Å². The molecule has 5 rings (SSSR count). The number of ether oxygens (including phenoxy) is 1. The number of carbonyl (C=O) groups is 1. The van der Waals surface area contributed by atoms with Crippen LogP contribution in [0.15, 0.2) is 73.2 Å². The van der Waals surface area contributed by atoms with Crippen LogP contribution in [0.2, 0.25) is 0 Å². The van der Waals surface area contributed by atoms with Gasteiger partial charge in [-0.1, -0.05) is 30.3 Å². The molecular formula is C27H26N6O2. The molecule has 1 N–H and O–H groups in total. The third-order valence-electron chi connectivity index (χ3n) is 5.88. The van der Waals surface area contributed by atoms with Crippen LogP contribution in [0.3, 0.4) is 0 Å². The first-order valence-electron chi connectivity index (χ1n) is 11.4. The number of hydrogen-bond donors (Lipinski definition) is 1. The van der Waals surface area contributed by atoms with Crippen LogP contribution in [-0.4, -0.2) is 37.6 Å². The van der Waals surface area contributed by atoms with Gasteiger partial charge in [-0.05, 0) is 43.7 Å². The Morgan fingerprint density at radius 3 is 2.71 bits per heavy atom. The van der Waals surface area contributed by atoms with Crippen LogP contribution in [0.4, 0.5) is 5.69 Å². The number of anilines is 1. The minimum Gasteiger partial charge on any atom is -0.497 e. The minimum atomic E-state index is -0.216. The van der Waals surface area contributed by atoms with Gasteiger partial charge in [0, 0.05) is 29.9 Å². The molecule has 3 heterocycles. The van der Waals surface area contributed by atoms with Crippen molar-refractivity contribution in [2.24, 2.45) is 0 Å². The summed E-state index contributed by atoms with van der Waals surface area (Å²) in [7, 11) is 1.64. The van der Waals surface area contributed by atoms with Crippen LogP contribution in [0.5, 0.6) is 5.75 Å². The average Bonchev–Trinajstić information content (AvgIpc) is 3.48. The lowest BCUT2D eigenvalue weighted by molar-refractivity contribution is 0.102. The van der Waals surface area contributed by atoms with Crippen molar-refractivity contribution in [3.8, 4) is 17.0 Å². The van der Waals surface area contributed by atoms with Crippen molar-refractivity contribution < 1.29 is 9.53 Å². The molecule has 0 bridgehead atoms. The molecule has 0 saturated carbocycles. The van der Waals surface area contributed by atoms with Crippen LogP contribution < -0.4 is 10.1 Å². The van der Waals surface area contributed by atoms with Crippen molar-refractivity contribution in [2.45, 2.75) is 26.9 Å². The first kappa shape index (κ1) is 22.3. The number of hydrogen-bond acceptors (Lipinski definition) is 5. The second kappa shape index (κ2) is 9.42. The van der Waals surface area contributed by atoms with E-state index in [2.05, 4.69) is 15.5 Å². The molecule has 8 heteroatoms. The SMILES string of the molecule is CCn1cc(-c2cc(C(=O)Nc3cnn(Cc4cccc(OC)c4)c3)c3ccccc3n2)c(C)n1. The molecule has 0 fully saturated rings. The van der Waals surface area contributed by atoms with E-state index in [0.717, 1.165) is 45.7 Å². The van der Waals surface area contributed by atoms with Crippen molar-refractivity contribution >= 4 is 22.5 Å². The summed E-state index contributed by atoms with van der Waals surface area (Å²) in [6.45, 7) is 5.32. The van der Waals surface area contributed by atoms with E-state index in [-0.39, 0.29) is 5.91 Å². The Labute approximate surface area is 203 Å². The highest BCUT2D eigenvalue weighted by atomic mass is 16.5. The Morgan fingerprint density at radius 2 is 1.91 bits per heavy atom. The van der Waals surface area contributed by atoms with E-state index in [1.807, 2.05) is 85.5 Å². The molecule has 0 spiro atoms. The Morgan fingerprint density at radius 1 is 1.06 bits per heavy atom. The average molecular weight is 467 g/mol. The van der Waals surface area contributed by atoms with Crippen LogP contribution in [0.25, 0.3) is 22.2 Å². The van der Waals surface area contributed by atoms with Crippen molar-refractivity contribution in [1.82, 2.24) is 24.5 Å². The van der Waals surface area contributed by atoms with Gasteiger partial charge in [0.25, 0.3) is 5.91 Å². The van der Waals surface area contributed by atoms with E-state index < -0.39 is 0 Å². The van der Waals surface area contributed by atoms with E-state index in [1.54, 1.807) is 18.0 Å². The smallest absolute Gasteiger partial charge is 0.256 e. The molecule has 0 aliphatic heterocycles. The highest BCUT2D eigenvalue weighted by molar-refractivity contribution is 6.13. The van der Waals surface area contributed by atoms with Gasteiger partial charge in [-0.3, -0.25) is 14.2 Å². The summed E-state index contributed by atoms with van der Waals surface area (Å²) in [6.07, 6.45) is 5.44. The quantitative estimate of drug-likeness (QED) is 0.367. The number of para-hydroxylation sites is 1. The molecule has 35 heavy (non-hydrogen) atoms. The largest absolute Gasteiger partial charge is 0.497 e. The maximum absolute atomic E-state index is 13.4. The van der Waals surface area contributed by atoms with Gasteiger partial charge in [-0.2, -0.15) is 10.2 Å². The number of aryl methyl sites for hydroxylation is 2. The summed E-state index contributed by atoms with van der Waals surface area (Å²) >= 11 is 0. The number of nitrogens with zero attached hydrogens (tertiary/aromatic N) is 5. The molecule has 0 saturated heterocycles. The maximum atomic E-state index is 13.4. The molecule has 2 aromatic carbocycles. The lowest BCUT2D eigenvalue weighted by Crippen LogP contribution is -2.13. The summed E-state index contributed by atoms with van der Waals surface area (Å²) in [5.41, 5.74) is 5.49. The van der Waals surface area contributed by atoms with Crippen molar-refractivity contribution in [2.75, 3.05) is 12.4 Å². The normalized spacial score (nSPS) is 11.1. The number of rotatable bonds is 7. The lowest BCUT2D eigenvalue weighted by Gasteiger charge is -2.09. The summed E-state index contributed by atoms with van der Waals surface area (Å²) in [6, 6.07) is 17.3. The molecular weight excluding hydrogens is 440 g/mol. The van der Waals surface area contributed by atoms with Gasteiger partial charge in [0.2, 0.25) is 0 Å². The third kappa shape index (κ3) is 4.63. The zero-order valence-corrected chi connectivity index (χ0v) is 19.9. The molecule has 0 unspecified atom stereocenters. The Hall–Kier alpha value is -4.46. The summed E-state index contributed by atoms with van der Waals surface area (Å²) in [5, 5.41) is 12.7. The molecule has 0 aliphatic rings. The Kier molecular flexibility index (Phi) is 6.01. The summed E-state index contributed by atoms with van der Waals surface area (Å²) < 4.78 is 8.95. The summed E-state index contributed by atoms with van der Waals surface area (Å²) in [4.78, 5) is 18.2. The molecule has 0 atom stereocenters. The van der Waals surface area contributed by atoms with Gasteiger partial charge in [-0.15, -0.1) is 0 Å². The zero-order valence-electron chi connectivity index (χ0n) is 19.9. The second-order valence-electron chi connectivity index (χ2n) is 8.29. The Bertz CT molecular complexity index is 1520. The fourth-order valence-electron chi connectivity index (χ4n) is 4.10. The Balaban J connectivity index is 1.43. The molecule has 0 aliphatic carbocycles. The fourth-order valence-corrected chi connectivity index (χ4v) is 4.10. The molecule has 8 nitrogen and oxygen atoms in total. The summed E-state index contributed by atoms with van der Waals surface area (Å²) in [5.74, 6) is 0.578. The molecule has 0 radical (unpaired) electrons. The van der Waals surface area contributed by atoms with Gasteiger partial charge in [-0.25, -0.2) is 4.98 Å². The van der Waals surface area contributed by atoms with E-state index in [4.69, 9.17) is 9.72 Å². The first-order chi connectivity index (χ1) is 17.0. The topological polar surface area (TPSA) is 86.9 Å². The predicted octanol–water partition coefficient (Wildman–Crippen LogP) is 4.93. The number of benzene rings is 2. The number of amides is 1. The highest BCUT2D eigenvalue weighted by Gasteiger charge is 2.17. The molecule has 3 aromatic heterocycles. The maximum Gasteiger partial charge on any atom is 0.256 e. The van der Waals surface area contributed by atoms with Gasteiger partial charge >= 0.3 is 0 Å². The van der Waals surface area contributed by atoms with Gasteiger partial charge in [0.1, 0.15) is 5.75 Å². The standard InChI is InChI=1S/C27H26N6O2/c1-4-32-17-24(18(2)31-32)26-13-23(22-10-5-6-11-25(22)30-26)27(34)29-20-14-28-33(16-20)15-19-8-7-9-21(12-19)35-3/h5-14,16-17H,4,15H2,1-3H3,(H,29,34). The fraction of sp³-hybridized carbons (Fsp3) is 0.185. The molecule has 176 valence electrons. The number of aromatic nitrogens is 5. The number of nitrogens with one attached hydrogen (secondary N) is 1.